The first kappa shape index (κ1) is 13.4. The third-order valence-electron chi connectivity index (χ3n) is 3.86. The summed E-state index contributed by atoms with van der Waals surface area (Å²) < 4.78 is 12.4. The Labute approximate surface area is 137 Å². The Kier molecular flexibility index (Phi) is 3.16. The molecule has 0 aromatic heterocycles. The Morgan fingerprint density at radius 1 is 0.955 bits per heavy atom. The number of ether oxygens (including phenoxy) is 2. The molecule has 0 saturated carbocycles. The van der Waals surface area contributed by atoms with Crippen molar-refractivity contribution in [3.8, 4) is 11.5 Å². The molecule has 0 amide bonds. The summed E-state index contributed by atoms with van der Waals surface area (Å²) in [5.41, 5.74) is 2.21. The molecule has 3 aromatic rings. The predicted octanol–water partition coefficient (Wildman–Crippen LogP) is 5.50. The first-order chi connectivity index (χ1) is 10.8. The molecule has 0 bridgehead atoms. The maximum absolute atomic E-state index is 6.12. The standard InChI is InChI=1S/C19H13BrO2/c1-21-14-7-5-12(6-8-14)18-11-13-3-2-4-15-16(20)9-10-17(22-18)19(13)15/h2-11H,1H3. The van der Waals surface area contributed by atoms with Crippen LogP contribution in [0.25, 0.3) is 22.6 Å². The molecule has 0 saturated heterocycles. The molecule has 4 rings (SSSR count). The molecule has 0 fully saturated rings. The van der Waals surface area contributed by atoms with Crippen LogP contribution in [0, 0.1) is 0 Å². The van der Waals surface area contributed by atoms with E-state index in [9.17, 15) is 0 Å². The first-order valence-corrected chi connectivity index (χ1v) is 7.81. The molecule has 1 aliphatic rings. The maximum atomic E-state index is 6.12. The van der Waals surface area contributed by atoms with Gasteiger partial charge in [-0.2, -0.15) is 0 Å². The largest absolute Gasteiger partial charge is 0.497 e. The molecule has 3 heteroatoms. The number of hydrogen-bond acceptors (Lipinski definition) is 2. The van der Waals surface area contributed by atoms with E-state index in [2.05, 4.69) is 40.2 Å². The molecule has 0 radical (unpaired) electrons. The molecule has 0 spiro atoms. The smallest absolute Gasteiger partial charge is 0.135 e. The van der Waals surface area contributed by atoms with Gasteiger partial charge in [-0.1, -0.05) is 34.1 Å². The topological polar surface area (TPSA) is 18.5 Å². The van der Waals surface area contributed by atoms with Gasteiger partial charge >= 0.3 is 0 Å². The highest BCUT2D eigenvalue weighted by Crippen LogP contribution is 2.40. The van der Waals surface area contributed by atoms with Gasteiger partial charge in [-0.05, 0) is 48.0 Å². The van der Waals surface area contributed by atoms with E-state index in [1.807, 2.05) is 36.4 Å². The zero-order valence-corrected chi connectivity index (χ0v) is 13.6. The van der Waals surface area contributed by atoms with Crippen LogP contribution in [0.3, 0.4) is 0 Å². The van der Waals surface area contributed by atoms with Crippen molar-refractivity contribution in [2.45, 2.75) is 0 Å². The summed E-state index contributed by atoms with van der Waals surface area (Å²) in [5, 5.41) is 2.31. The van der Waals surface area contributed by atoms with Gasteiger partial charge in [0.2, 0.25) is 0 Å². The van der Waals surface area contributed by atoms with Gasteiger partial charge in [-0.3, -0.25) is 0 Å². The lowest BCUT2D eigenvalue weighted by molar-refractivity contribution is 0.414. The van der Waals surface area contributed by atoms with Crippen molar-refractivity contribution in [1.29, 1.82) is 0 Å². The SMILES string of the molecule is COc1ccc(C2=Cc3cccc4c(Br)ccc(c34)O2)cc1. The van der Waals surface area contributed by atoms with Crippen LogP contribution in [0.2, 0.25) is 0 Å². The molecule has 0 unspecified atom stereocenters. The molecule has 2 nitrogen and oxygen atoms in total. The van der Waals surface area contributed by atoms with Gasteiger partial charge in [0.1, 0.15) is 17.3 Å². The normalized spacial score (nSPS) is 12.7. The van der Waals surface area contributed by atoms with Crippen LogP contribution < -0.4 is 9.47 Å². The molecule has 0 N–H and O–H groups in total. The van der Waals surface area contributed by atoms with Crippen molar-refractivity contribution < 1.29 is 9.47 Å². The van der Waals surface area contributed by atoms with E-state index in [1.54, 1.807) is 7.11 Å². The van der Waals surface area contributed by atoms with E-state index in [-0.39, 0.29) is 0 Å². The number of halogens is 1. The Morgan fingerprint density at radius 3 is 2.55 bits per heavy atom. The van der Waals surface area contributed by atoms with Crippen molar-refractivity contribution in [2.24, 2.45) is 0 Å². The highest BCUT2D eigenvalue weighted by atomic mass is 79.9. The minimum absolute atomic E-state index is 0.839. The minimum atomic E-state index is 0.839. The highest BCUT2D eigenvalue weighted by molar-refractivity contribution is 9.10. The van der Waals surface area contributed by atoms with E-state index in [4.69, 9.17) is 9.47 Å². The molecule has 22 heavy (non-hydrogen) atoms. The van der Waals surface area contributed by atoms with E-state index in [1.165, 1.54) is 10.9 Å². The average Bonchev–Trinajstić information content (AvgIpc) is 2.58. The molecule has 108 valence electrons. The van der Waals surface area contributed by atoms with Gasteiger partial charge < -0.3 is 9.47 Å². The molecule has 1 heterocycles. The molecular weight excluding hydrogens is 340 g/mol. The number of rotatable bonds is 2. The Bertz CT molecular complexity index is 895. The van der Waals surface area contributed by atoms with Crippen molar-refractivity contribution in [2.75, 3.05) is 7.11 Å². The zero-order chi connectivity index (χ0) is 15.1. The van der Waals surface area contributed by atoms with Crippen LogP contribution in [0.1, 0.15) is 11.1 Å². The van der Waals surface area contributed by atoms with E-state index in [0.717, 1.165) is 32.7 Å². The van der Waals surface area contributed by atoms with E-state index >= 15 is 0 Å². The van der Waals surface area contributed by atoms with E-state index in [0.29, 0.717) is 0 Å². The second-order valence-electron chi connectivity index (χ2n) is 5.15. The monoisotopic (exact) mass is 352 g/mol. The van der Waals surface area contributed by atoms with Crippen LogP contribution in [0.5, 0.6) is 11.5 Å². The number of hydrogen-bond donors (Lipinski definition) is 0. The van der Waals surface area contributed by atoms with Gasteiger partial charge in [0.15, 0.2) is 0 Å². The Hall–Kier alpha value is -2.26. The lowest BCUT2D eigenvalue weighted by Gasteiger charge is -2.19. The fourth-order valence-corrected chi connectivity index (χ4v) is 3.22. The Morgan fingerprint density at radius 2 is 1.77 bits per heavy atom. The van der Waals surface area contributed by atoms with Crippen LogP contribution in [-0.2, 0) is 0 Å². The summed E-state index contributed by atoms with van der Waals surface area (Å²) in [6.07, 6.45) is 2.09. The van der Waals surface area contributed by atoms with Crippen molar-refractivity contribution in [1.82, 2.24) is 0 Å². The summed E-state index contributed by atoms with van der Waals surface area (Å²) in [7, 11) is 1.67. The van der Waals surface area contributed by atoms with Gasteiger partial charge in [0, 0.05) is 20.8 Å². The van der Waals surface area contributed by atoms with E-state index < -0.39 is 0 Å². The molecule has 0 aliphatic carbocycles. The number of methoxy groups -OCH3 is 1. The first-order valence-electron chi connectivity index (χ1n) is 7.01. The molecule has 0 atom stereocenters. The summed E-state index contributed by atoms with van der Waals surface area (Å²) in [6, 6.07) is 18.2. The maximum Gasteiger partial charge on any atom is 0.135 e. The minimum Gasteiger partial charge on any atom is -0.497 e. The molecular formula is C19H13BrO2. The average molecular weight is 353 g/mol. The van der Waals surface area contributed by atoms with Crippen LogP contribution in [0.4, 0.5) is 0 Å². The fourth-order valence-electron chi connectivity index (χ4n) is 2.76. The van der Waals surface area contributed by atoms with Crippen LogP contribution >= 0.6 is 15.9 Å². The van der Waals surface area contributed by atoms with Crippen molar-refractivity contribution in [3.05, 3.63) is 70.2 Å². The van der Waals surface area contributed by atoms with Gasteiger partial charge in [0.25, 0.3) is 0 Å². The summed E-state index contributed by atoms with van der Waals surface area (Å²) >= 11 is 3.60. The summed E-state index contributed by atoms with van der Waals surface area (Å²) in [4.78, 5) is 0. The zero-order valence-electron chi connectivity index (χ0n) is 12.0. The summed E-state index contributed by atoms with van der Waals surface area (Å²) in [5.74, 6) is 2.58. The van der Waals surface area contributed by atoms with Gasteiger partial charge in [-0.25, -0.2) is 0 Å². The van der Waals surface area contributed by atoms with Gasteiger partial charge in [0.05, 0.1) is 7.11 Å². The Balaban J connectivity index is 1.87. The van der Waals surface area contributed by atoms with Crippen molar-refractivity contribution >= 4 is 38.5 Å². The van der Waals surface area contributed by atoms with Crippen LogP contribution in [0.15, 0.2) is 59.1 Å². The predicted molar refractivity (Wildman–Crippen MR) is 93.1 cm³/mol. The molecule has 3 aromatic carbocycles. The van der Waals surface area contributed by atoms with Crippen molar-refractivity contribution in [3.63, 3.8) is 0 Å². The number of benzene rings is 3. The lowest BCUT2D eigenvalue weighted by Crippen LogP contribution is -2.01. The van der Waals surface area contributed by atoms with Crippen LogP contribution in [-0.4, -0.2) is 7.11 Å². The molecule has 1 aliphatic heterocycles. The second kappa shape index (κ2) is 5.18. The third kappa shape index (κ3) is 2.09. The summed E-state index contributed by atoms with van der Waals surface area (Å²) in [6.45, 7) is 0. The quantitative estimate of drug-likeness (QED) is 0.606. The second-order valence-corrected chi connectivity index (χ2v) is 6.01. The van der Waals surface area contributed by atoms with Gasteiger partial charge in [-0.15, -0.1) is 0 Å². The third-order valence-corrected chi connectivity index (χ3v) is 4.55. The highest BCUT2D eigenvalue weighted by Gasteiger charge is 2.17. The lowest BCUT2D eigenvalue weighted by atomic mass is 9.99. The fraction of sp³-hybridized carbons (Fsp3) is 0.0526.